The number of hydrogen-bond donors (Lipinski definition) is 5. The van der Waals surface area contributed by atoms with Crippen molar-refractivity contribution >= 4 is 124 Å². The minimum absolute atomic E-state index is 0. The molecule has 73 heavy (non-hydrogen) atoms. The van der Waals surface area contributed by atoms with Gasteiger partial charge in [0.05, 0.1) is 22.2 Å². The number of fused-ring (bicyclic) bond motifs is 6. The molecule has 1 unspecified atom stereocenters. The number of phosphoric ester groups is 1. The van der Waals surface area contributed by atoms with Crippen LogP contribution in [-0.4, -0.2) is 105 Å². The Bertz CT molecular complexity index is 2980. The van der Waals surface area contributed by atoms with Gasteiger partial charge in [0, 0.05) is 111 Å². The van der Waals surface area contributed by atoms with Gasteiger partial charge in [-0.15, -0.1) is 23.2 Å². The Morgan fingerprint density at radius 3 is 1.84 bits per heavy atom. The number of nitrogens with zero attached hydrogens (tertiary/aromatic N) is 3. The molecule has 10 rings (SSSR count). The van der Waals surface area contributed by atoms with E-state index in [1.165, 1.54) is 11.0 Å². The van der Waals surface area contributed by atoms with Gasteiger partial charge in [0.1, 0.15) is 17.8 Å². The number of anilines is 3. The summed E-state index contributed by atoms with van der Waals surface area (Å²) in [6.45, 7) is 5.90. The second-order valence-corrected chi connectivity index (χ2v) is 22.7. The SMILES string of the molecule is CC(C)[C@H](NC(=O)CCCCCN1C(=O)CC([S-])C1=O)C(=O)N[C@@H](C)C(=O)Nc1cc2c(c3ccccc13)[C@H](CCl)CN2C(=O)C12CC(C(=O)N3C[C@@H](CCl)c4c3cc(OP(=O)(O)O)c3ccccc43)(C1)C2.[Y]. The van der Waals surface area contributed by atoms with Crippen molar-refractivity contribution in [1.29, 1.82) is 0 Å². The molecule has 2 bridgehead atoms. The molecule has 0 spiro atoms. The number of hydrogen-bond acceptors (Lipinski definition) is 10. The molecule has 5 N–H and O–H groups in total. The molecule has 3 aliphatic carbocycles. The molecule has 7 amide bonds. The average Bonchev–Trinajstić information content (AvgIpc) is 3.96. The Labute approximate surface area is 463 Å². The third-order valence-electron chi connectivity index (χ3n) is 15.1. The summed E-state index contributed by atoms with van der Waals surface area (Å²) in [5, 5.41) is 10.5. The summed E-state index contributed by atoms with van der Waals surface area (Å²) in [5.74, 6) is -2.82. The number of carbonyl (C=O) groups is 7. The van der Waals surface area contributed by atoms with Crippen LogP contribution < -0.4 is 30.3 Å². The van der Waals surface area contributed by atoms with E-state index < -0.39 is 47.8 Å². The topological polar surface area (TPSA) is 232 Å². The molecule has 4 aromatic carbocycles. The number of nitrogens with one attached hydrogen (secondary N) is 3. The number of carbonyl (C=O) groups excluding carboxylic acids is 7. The number of halogens is 2. The van der Waals surface area contributed by atoms with E-state index in [1.54, 1.807) is 54.8 Å². The van der Waals surface area contributed by atoms with Gasteiger partial charge in [-0.2, -0.15) is 0 Å². The smallest absolute Gasteiger partial charge is 0.524 e. The van der Waals surface area contributed by atoms with E-state index in [9.17, 15) is 47.9 Å². The fourth-order valence-electron chi connectivity index (χ4n) is 11.6. The van der Waals surface area contributed by atoms with Crippen LogP contribution in [0.4, 0.5) is 17.1 Å². The van der Waals surface area contributed by atoms with Gasteiger partial charge < -0.3 is 42.9 Å². The number of benzene rings is 4. The maximum Gasteiger partial charge on any atom is 0.524 e. The minimum atomic E-state index is -4.96. The average molecular weight is 1150 g/mol. The first-order valence-electron chi connectivity index (χ1n) is 24.2. The van der Waals surface area contributed by atoms with Gasteiger partial charge in [-0.25, -0.2) is 4.57 Å². The Morgan fingerprint density at radius 2 is 1.32 bits per heavy atom. The molecule has 5 atom stereocenters. The van der Waals surface area contributed by atoms with E-state index >= 15 is 0 Å². The number of unbranched alkanes of at least 4 members (excludes halogenated alkanes) is 2. The molecule has 4 fully saturated rings. The first-order chi connectivity index (χ1) is 34.2. The van der Waals surface area contributed by atoms with Crippen molar-refractivity contribution in [3.63, 3.8) is 0 Å². The number of imide groups is 1. The number of amides is 7. The summed E-state index contributed by atoms with van der Waals surface area (Å²) < 4.78 is 17.2. The molecular formula is C51H56Cl2N6O11PSY-. The summed E-state index contributed by atoms with van der Waals surface area (Å²) in [5.41, 5.74) is 1.50. The molecule has 3 aliphatic heterocycles. The predicted molar refractivity (Wildman–Crippen MR) is 275 cm³/mol. The molecule has 1 saturated heterocycles. The van der Waals surface area contributed by atoms with Crippen LogP contribution in [0.1, 0.15) is 95.1 Å². The van der Waals surface area contributed by atoms with Crippen molar-refractivity contribution in [3.05, 3.63) is 71.8 Å². The van der Waals surface area contributed by atoms with Crippen LogP contribution in [0.15, 0.2) is 60.7 Å². The fourth-order valence-corrected chi connectivity index (χ4v) is 12.8. The molecule has 385 valence electrons. The maximum absolute atomic E-state index is 14.8. The third-order valence-corrected chi connectivity index (χ3v) is 16.6. The predicted octanol–water partition coefficient (Wildman–Crippen LogP) is 6.49. The zero-order valence-corrected chi connectivity index (χ0v) is 46.6. The van der Waals surface area contributed by atoms with Gasteiger partial charge in [-0.05, 0) is 72.9 Å². The van der Waals surface area contributed by atoms with Crippen LogP contribution >= 0.6 is 31.0 Å². The number of likely N-dealkylation sites (tertiary alicyclic amines) is 1. The molecule has 1 radical (unpaired) electrons. The Morgan fingerprint density at radius 1 is 0.781 bits per heavy atom. The van der Waals surface area contributed by atoms with E-state index in [4.69, 9.17) is 40.4 Å². The summed E-state index contributed by atoms with van der Waals surface area (Å²) in [4.78, 5) is 118. The zero-order valence-electron chi connectivity index (χ0n) is 40.5. The maximum atomic E-state index is 14.8. The van der Waals surface area contributed by atoms with Crippen LogP contribution in [0.25, 0.3) is 21.5 Å². The number of alkyl halides is 2. The Balaban J connectivity index is 0.00000711. The fraction of sp³-hybridized carbons (Fsp3) is 0.471. The third kappa shape index (κ3) is 10.3. The van der Waals surface area contributed by atoms with E-state index in [2.05, 4.69) is 16.0 Å². The largest absolute Gasteiger partial charge is 0.779 e. The first-order valence-corrected chi connectivity index (χ1v) is 27.3. The first kappa shape index (κ1) is 55.1. The van der Waals surface area contributed by atoms with Gasteiger partial charge in [0.2, 0.25) is 41.4 Å². The van der Waals surface area contributed by atoms with E-state index in [0.717, 1.165) is 16.5 Å². The summed E-state index contributed by atoms with van der Waals surface area (Å²) >= 11 is 18.1. The molecule has 17 nitrogen and oxygen atoms in total. The van der Waals surface area contributed by atoms with E-state index in [-0.39, 0.29) is 123 Å². The molecule has 4 aromatic rings. The van der Waals surface area contributed by atoms with Crippen LogP contribution in [0.5, 0.6) is 5.75 Å². The second-order valence-electron chi connectivity index (χ2n) is 20.4. The van der Waals surface area contributed by atoms with Crippen molar-refractivity contribution in [2.45, 2.75) is 101 Å². The van der Waals surface area contributed by atoms with Gasteiger partial charge in [0.25, 0.3) is 0 Å². The molecule has 3 heterocycles. The monoisotopic (exact) mass is 1150 g/mol. The zero-order chi connectivity index (χ0) is 51.6. The summed E-state index contributed by atoms with van der Waals surface area (Å²) in [6.07, 6.45) is 2.65. The van der Waals surface area contributed by atoms with E-state index in [1.807, 2.05) is 30.3 Å². The van der Waals surface area contributed by atoms with Crippen molar-refractivity contribution in [2.75, 3.05) is 46.5 Å². The number of rotatable bonds is 18. The Hall–Kier alpha value is -4.13. The van der Waals surface area contributed by atoms with Crippen molar-refractivity contribution in [1.82, 2.24) is 15.5 Å². The van der Waals surface area contributed by atoms with Crippen molar-refractivity contribution in [3.8, 4) is 5.75 Å². The van der Waals surface area contributed by atoms with Crippen LogP contribution in [0.2, 0.25) is 0 Å². The molecule has 22 heteroatoms. The minimum Gasteiger partial charge on any atom is -0.779 e. The van der Waals surface area contributed by atoms with E-state index in [0.29, 0.717) is 78.3 Å². The van der Waals surface area contributed by atoms with Gasteiger partial charge in [-0.3, -0.25) is 48.2 Å². The van der Waals surface area contributed by atoms with Crippen molar-refractivity contribution in [2.24, 2.45) is 16.7 Å². The summed E-state index contributed by atoms with van der Waals surface area (Å²) in [7, 11) is -4.96. The molecular weight excluding hydrogens is 1100 g/mol. The van der Waals surface area contributed by atoms with Gasteiger partial charge in [-0.1, -0.05) is 74.0 Å². The van der Waals surface area contributed by atoms with Crippen molar-refractivity contribution < 1.29 is 85.1 Å². The van der Waals surface area contributed by atoms with Gasteiger partial charge >= 0.3 is 7.82 Å². The quantitative estimate of drug-likeness (QED) is 0.0237. The molecule has 6 aliphatic rings. The molecule has 3 saturated carbocycles. The standard InChI is InChI=1S/C51H57Cl2N6O11PS.Y/c1-27(2)44(56-40(60)15-5-4-10-16-57-41(61)19-39(72)47(57)64)46(63)54-28(3)45(62)55-35-17-36-42(33-13-8-6-11-31(33)35)29(20-52)22-58(36)48(65)50-24-51(25-50,26-50)49(66)59-23-30(21-53)43-34-14-9-7-12-32(34)38(18-37(43)59)70-71(67,68)69;/h6-9,11-14,17-18,27-30,39,44,72H,4-5,10,15-16,19-26H2,1-3H3,(H,54,63)(H,55,62)(H,56,60)(H2,67,68,69);/p-1/t28-,29+,30+,39?,44-,50?,51?;/m0./s1. The second kappa shape index (κ2) is 21.5. The van der Waals surface area contributed by atoms with Crippen LogP contribution in [0.3, 0.4) is 0 Å². The summed E-state index contributed by atoms with van der Waals surface area (Å²) in [6, 6.07) is 15.8. The van der Waals surface area contributed by atoms with Gasteiger partial charge in [0.15, 0.2) is 0 Å². The number of phosphoric acid groups is 1. The molecule has 0 aromatic heterocycles. The van der Waals surface area contributed by atoms with Crippen LogP contribution in [0, 0.1) is 16.7 Å². The normalized spacial score (nSPS) is 23.6. The van der Waals surface area contributed by atoms with Crippen LogP contribution in [-0.2, 0) is 83.5 Å². The Kier molecular flexibility index (Phi) is 16.2.